The van der Waals surface area contributed by atoms with Crippen LogP contribution >= 0.6 is 0 Å². The smallest absolute Gasteiger partial charge is 0.410 e. The molecule has 6 rings (SSSR count). The van der Waals surface area contributed by atoms with Crippen molar-refractivity contribution in [3.63, 3.8) is 0 Å². The van der Waals surface area contributed by atoms with Gasteiger partial charge < -0.3 is 24.2 Å². The van der Waals surface area contributed by atoms with Crippen LogP contribution in [0.4, 0.5) is 16.2 Å². The predicted molar refractivity (Wildman–Crippen MR) is 164 cm³/mol. The number of fused-ring (bicyclic) bond motifs is 3. The summed E-state index contributed by atoms with van der Waals surface area (Å²) in [5.74, 6) is 0.950. The minimum Gasteiger partial charge on any atom is -0.491 e. The second-order valence-electron chi connectivity index (χ2n) is 12.7. The van der Waals surface area contributed by atoms with Crippen LogP contribution in [0.3, 0.4) is 0 Å². The third kappa shape index (κ3) is 5.43. The number of anilines is 2. The number of nitrogens with zero attached hydrogens (tertiary/aromatic N) is 6. The largest absolute Gasteiger partial charge is 0.491 e. The molecule has 1 aromatic heterocycles. The van der Waals surface area contributed by atoms with Gasteiger partial charge in [-0.25, -0.2) is 4.79 Å². The zero-order chi connectivity index (χ0) is 29.6. The van der Waals surface area contributed by atoms with Crippen molar-refractivity contribution in [2.24, 2.45) is 0 Å². The molecule has 0 aliphatic carbocycles. The summed E-state index contributed by atoms with van der Waals surface area (Å²) in [6.07, 6.45) is 1.51. The number of carbonyl (C=O) groups excluding carboxylic acids is 1. The molecule has 9 heteroatoms. The van der Waals surface area contributed by atoms with Crippen LogP contribution < -0.4 is 14.5 Å². The van der Waals surface area contributed by atoms with Crippen molar-refractivity contribution in [1.82, 2.24) is 14.8 Å². The molecule has 3 aliphatic rings. The summed E-state index contributed by atoms with van der Waals surface area (Å²) >= 11 is 0. The number of ether oxygens (including phenoxy) is 2. The molecular formula is C33H40N6O3. The lowest BCUT2D eigenvalue weighted by molar-refractivity contribution is 0.0240. The molecule has 0 saturated carbocycles. The number of hydrogen-bond donors (Lipinski definition) is 0. The molecule has 42 heavy (non-hydrogen) atoms. The van der Waals surface area contributed by atoms with Crippen LogP contribution in [0.25, 0.3) is 10.9 Å². The van der Waals surface area contributed by atoms with Gasteiger partial charge in [-0.15, -0.1) is 0 Å². The number of aromatic nitrogens is 1. The van der Waals surface area contributed by atoms with Gasteiger partial charge >= 0.3 is 6.09 Å². The Hall–Kier alpha value is -4.03. The maximum absolute atomic E-state index is 12.6. The van der Waals surface area contributed by atoms with E-state index in [0.717, 1.165) is 55.1 Å². The number of aryl methyl sites for hydroxylation is 1. The Labute approximate surface area is 248 Å². The van der Waals surface area contributed by atoms with Gasteiger partial charge in [-0.2, -0.15) is 5.26 Å². The van der Waals surface area contributed by atoms with E-state index in [1.807, 2.05) is 32.9 Å². The Balaban J connectivity index is 1.18. The molecule has 0 unspecified atom stereocenters. The van der Waals surface area contributed by atoms with Crippen LogP contribution in [0.1, 0.15) is 44.4 Å². The second kappa shape index (κ2) is 11.0. The van der Waals surface area contributed by atoms with Gasteiger partial charge in [0.15, 0.2) is 0 Å². The molecule has 3 aliphatic heterocycles. The number of amides is 1. The predicted octanol–water partition coefficient (Wildman–Crippen LogP) is 4.94. The summed E-state index contributed by atoms with van der Waals surface area (Å²) in [6.45, 7) is 16.1. The minimum absolute atomic E-state index is 0.227. The summed E-state index contributed by atoms with van der Waals surface area (Å²) in [7, 11) is 0. The maximum atomic E-state index is 12.6. The van der Waals surface area contributed by atoms with Crippen molar-refractivity contribution in [3.8, 4) is 11.8 Å². The number of carbonyl (C=O) groups is 1. The number of rotatable bonds is 2. The Kier molecular flexibility index (Phi) is 7.36. The number of nitriles is 1. The Morgan fingerprint density at radius 1 is 1.07 bits per heavy atom. The number of piperazine rings is 2. The topological polar surface area (TPSA) is 85.2 Å². The first kappa shape index (κ1) is 28.1. The highest BCUT2D eigenvalue weighted by Gasteiger charge is 2.36. The van der Waals surface area contributed by atoms with Crippen molar-refractivity contribution >= 4 is 28.4 Å². The van der Waals surface area contributed by atoms with Gasteiger partial charge in [0.2, 0.25) is 0 Å². The Bertz CT molecular complexity index is 1540. The summed E-state index contributed by atoms with van der Waals surface area (Å²) in [6, 6.07) is 15.3. The number of benzene rings is 2. The highest BCUT2D eigenvalue weighted by Crippen LogP contribution is 2.37. The molecule has 0 radical (unpaired) electrons. The first-order valence-corrected chi connectivity index (χ1v) is 14.9. The van der Waals surface area contributed by atoms with Gasteiger partial charge in [0.25, 0.3) is 0 Å². The first-order chi connectivity index (χ1) is 20.1. The summed E-state index contributed by atoms with van der Waals surface area (Å²) in [4.78, 5) is 26.2. The summed E-state index contributed by atoms with van der Waals surface area (Å²) < 4.78 is 12.1. The van der Waals surface area contributed by atoms with E-state index in [9.17, 15) is 10.1 Å². The van der Waals surface area contributed by atoms with E-state index in [0.29, 0.717) is 31.3 Å². The standard InChI is InChI=1S/C33H40N6O3/c1-22-15-25-19-39-23(2)18-38(28-9-8-24(17-34)31-27(28)7-6-10-35-31)20-26(39)21-41-30(25)16-29(22)36-11-13-37(14-12-36)32(40)42-33(3,4)5/h6-10,15-16,23,26H,11-14,18-21H2,1-5H3/t23-,26-/m1/s1. The lowest BCUT2D eigenvalue weighted by Gasteiger charge is -2.45. The van der Waals surface area contributed by atoms with Crippen LogP contribution in [0.2, 0.25) is 0 Å². The van der Waals surface area contributed by atoms with E-state index in [2.05, 4.69) is 63.9 Å². The summed E-state index contributed by atoms with van der Waals surface area (Å²) in [5.41, 5.74) is 5.61. The van der Waals surface area contributed by atoms with Crippen molar-refractivity contribution in [3.05, 3.63) is 59.3 Å². The van der Waals surface area contributed by atoms with Gasteiger partial charge in [-0.1, -0.05) is 0 Å². The Morgan fingerprint density at radius 3 is 2.60 bits per heavy atom. The van der Waals surface area contributed by atoms with Crippen molar-refractivity contribution < 1.29 is 14.3 Å². The Morgan fingerprint density at radius 2 is 1.86 bits per heavy atom. The summed E-state index contributed by atoms with van der Waals surface area (Å²) in [5, 5.41) is 10.6. The molecular weight excluding hydrogens is 528 g/mol. The second-order valence-corrected chi connectivity index (χ2v) is 12.7. The fourth-order valence-electron chi connectivity index (χ4n) is 6.55. The highest BCUT2D eigenvalue weighted by atomic mass is 16.6. The van der Waals surface area contributed by atoms with Crippen LogP contribution in [-0.4, -0.2) is 84.4 Å². The maximum Gasteiger partial charge on any atom is 0.410 e. The normalized spacial score (nSPS) is 21.2. The zero-order valence-electron chi connectivity index (χ0n) is 25.3. The van der Waals surface area contributed by atoms with Crippen LogP contribution in [-0.2, 0) is 11.3 Å². The van der Waals surface area contributed by atoms with E-state index in [-0.39, 0.29) is 12.1 Å². The monoisotopic (exact) mass is 568 g/mol. The van der Waals surface area contributed by atoms with Crippen LogP contribution in [0.15, 0.2) is 42.6 Å². The van der Waals surface area contributed by atoms with Gasteiger partial charge in [-0.3, -0.25) is 9.88 Å². The minimum atomic E-state index is -0.492. The molecule has 0 spiro atoms. The number of pyridine rings is 1. The zero-order valence-corrected chi connectivity index (χ0v) is 25.3. The van der Waals surface area contributed by atoms with E-state index in [1.165, 1.54) is 16.8 Å². The average Bonchev–Trinajstić information content (AvgIpc) is 3.14. The molecule has 3 aromatic rings. The van der Waals surface area contributed by atoms with Crippen molar-refractivity contribution in [2.45, 2.75) is 58.8 Å². The fourth-order valence-corrected chi connectivity index (χ4v) is 6.55. The first-order valence-electron chi connectivity index (χ1n) is 14.9. The lowest BCUT2D eigenvalue weighted by atomic mass is 10.0. The van der Waals surface area contributed by atoms with E-state index < -0.39 is 5.60 Å². The molecule has 220 valence electrons. The van der Waals surface area contributed by atoms with Gasteiger partial charge in [0.05, 0.1) is 17.1 Å². The molecule has 2 fully saturated rings. The fraction of sp³-hybridized carbons (Fsp3) is 0.485. The average molecular weight is 569 g/mol. The highest BCUT2D eigenvalue weighted by molar-refractivity contribution is 5.95. The van der Waals surface area contributed by atoms with Crippen molar-refractivity contribution in [1.29, 1.82) is 5.26 Å². The van der Waals surface area contributed by atoms with E-state index in [1.54, 1.807) is 11.1 Å². The molecule has 9 nitrogen and oxygen atoms in total. The van der Waals surface area contributed by atoms with Gasteiger partial charge in [-0.05, 0) is 70.5 Å². The molecule has 0 bridgehead atoms. The molecule has 1 amide bonds. The molecule has 4 heterocycles. The van der Waals surface area contributed by atoms with Crippen LogP contribution in [0, 0.1) is 18.3 Å². The molecule has 0 N–H and O–H groups in total. The van der Waals surface area contributed by atoms with Crippen molar-refractivity contribution in [2.75, 3.05) is 55.7 Å². The lowest BCUT2D eigenvalue weighted by Crippen LogP contribution is -2.58. The third-order valence-corrected chi connectivity index (χ3v) is 8.59. The van der Waals surface area contributed by atoms with Crippen LogP contribution in [0.5, 0.6) is 5.75 Å². The molecule has 2 saturated heterocycles. The number of hydrogen-bond acceptors (Lipinski definition) is 8. The molecule has 2 aromatic carbocycles. The van der Waals surface area contributed by atoms with Gasteiger partial charge in [0, 0.05) is 86.4 Å². The van der Waals surface area contributed by atoms with E-state index >= 15 is 0 Å². The quantitative estimate of drug-likeness (QED) is 0.430. The third-order valence-electron chi connectivity index (χ3n) is 8.59. The SMILES string of the molecule is Cc1cc2c(cc1N1CCN(C(=O)OC(C)(C)C)CC1)OC[C@H]1CN(c3ccc(C#N)c4ncccc34)C[C@@H](C)N1C2. The van der Waals surface area contributed by atoms with E-state index in [4.69, 9.17) is 9.47 Å². The molecule has 2 atom stereocenters. The van der Waals surface area contributed by atoms with Gasteiger partial charge in [0.1, 0.15) is 24.0 Å².